The van der Waals surface area contributed by atoms with Gasteiger partial charge in [-0.25, -0.2) is 0 Å². The third-order valence-electron chi connectivity index (χ3n) is 3.38. The van der Waals surface area contributed by atoms with E-state index < -0.39 is 0 Å². The van der Waals surface area contributed by atoms with Crippen molar-refractivity contribution in [1.29, 1.82) is 0 Å². The first-order valence-electron chi connectivity index (χ1n) is 6.80. The van der Waals surface area contributed by atoms with Crippen molar-refractivity contribution >= 4 is 21.6 Å². The average Bonchev–Trinajstić information content (AvgIpc) is 2.46. The fourth-order valence-electron chi connectivity index (χ4n) is 2.20. The van der Waals surface area contributed by atoms with Gasteiger partial charge in [0, 0.05) is 4.47 Å². The SMILES string of the molecule is CCC(Nc1cc(Br)ccc1OC)c1ccc(C)cc1. The van der Waals surface area contributed by atoms with E-state index in [1.54, 1.807) is 7.11 Å². The van der Waals surface area contributed by atoms with Crippen LogP contribution in [-0.2, 0) is 0 Å². The van der Waals surface area contributed by atoms with E-state index >= 15 is 0 Å². The van der Waals surface area contributed by atoms with Gasteiger partial charge in [-0.2, -0.15) is 0 Å². The summed E-state index contributed by atoms with van der Waals surface area (Å²) in [5.74, 6) is 0.860. The molecule has 0 saturated heterocycles. The molecule has 0 heterocycles. The molecule has 3 heteroatoms. The van der Waals surface area contributed by atoms with E-state index in [4.69, 9.17) is 4.74 Å². The number of methoxy groups -OCH3 is 1. The quantitative estimate of drug-likeness (QED) is 0.798. The lowest BCUT2D eigenvalue weighted by molar-refractivity contribution is 0.416. The standard InChI is InChI=1S/C17H20BrNO/c1-4-15(13-7-5-12(2)6-8-13)19-16-11-14(18)9-10-17(16)20-3/h5-11,15,19H,4H2,1-3H3. The van der Waals surface area contributed by atoms with Crippen LogP contribution in [-0.4, -0.2) is 7.11 Å². The molecule has 2 rings (SSSR count). The summed E-state index contributed by atoms with van der Waals surface area (Å²) >= 11 is 3.51. The van der Waals surface area contributed by atoms with E-state index in [2.05, 4.69) is 65.4 Å². The highest BCUT2D eigenvalue weighted by Gasteiger charge is 2.12. The number of hydrogen-bond donors (Lipinski definition) is 1. The molecule has 0 radical (unpaired) electrons. The fourth-order valence-corrected chi connectivity index (χ4v) is 2.56. The molecule has 0 aliphatic heterocycles. The Morgan fingerprint density at radius 1 is 1.15 bits per heavy atom. The van der Waals surface area contributed by atoms with Crippen LogP contribution in [0.5, 0.6) is 5.75 Å². The average molecular weight is 334 g/mol. The van der Waals surface area contributed by atoms with Gasteiger partial charge in [0.15, 0.2) is 0 Å². The van der Waals surface area contributed by atoms with Gasteiger partial charge in [0.2, 0.25) is 0 Å². The number of rotatable bonds is 5. The summed E-state index contributed by atoms with van der Waals surface area (Å²) in [4.78, 5) is 0. The number of ether oxygens (including phenoxy) is 1. The third-order valence-corrected chi connectivity index (χ3v) is 3.87. The molecule has 0 aliphatic rings. The summed E-state index contributed by atoms with van der Waals surface area (Å²) in [5.41, 5.74) is 3.58. The van der Waals surface area contributed by atoms with Crippen molar-refractivity contribution in [2.24, 2.45) is 0 Å². The highest BCUT2D eigenvalue weighted by molar-refractivity contribution is 9.10. The maximum absolute atomic E-state index is 5.42. The van der Waals surface area contributed by atoms with Crippen molar-refractivity contribution in [1.82, 2.24) is 0 Å². The first-order valence-corrected chi connectivity index (χ1v) is 7.60. The molecule has 0 saturated carbocycles. The van der Waals surface area contributed by atoms with Gasteiger partial charge in [-0.05, 0) is 37.1 Å². The summed E-state index contributed by atoms with van der Waals surface area (Å²) in [5, 5.41) is 3.57. The number of halogens is 1. The summed E-state index contributed by atoms with van der Waals surface area (Å²) < 4.78 is 6.46. The Labute approximate surface area is 129 Å². The first kappa shape index (κ1) is 14.9. The van der Waals surface area contributed by atoms with Crippen LogP contribution in [0.15, 0.2) is 46.9 Å². The largest absolute Gasteiger partial charge is 0.495 e. The fraction of sp³-hybridized carbons (Fsp3) is 0.294. The normalized spacial score (nSPS) is 12.0. The van der Waals surface area contributed by atoms with Crippen LogP contribution < -0.4 is 10.1 Å². The summed E-state index contributed by atoms with van der Waals surface area (Å²) in [6, 6.07) is 14.9. The smallest absolute Gasteiger partial charge is 0.142 e. The minimum absolute atomic E-state index is 0.277. The predicted molar refractivity (Wildman–Crippen MR) is 88.5 cm³/mol. The van der Waals surface area contributed by atoms with Crippen LogP contribution in [0.3, 0.4) is 0 Å². The lowest BCUT2D eigenvalue weighted by atomic mass is 10.0. The van der Waals surface area contributed by atoms with E-state index in [1.807, 2.05) is 12.1 Å². The minimum Gasteiger partial charge on any atom is -0.495 e. The van der Waals surface area contributed by atoms with Crippen LogP contribution in [0.25, 0.3) is 0 Å². The van der Waals surface area contributed by atoms with E-state index in [-0.39, 0.29) is 6.04 Å². The molecular weight excluding hydrogens is 314 g/mol. The molecule has 2 aromatic carbocycles. The van der Waals surface area contributed by atoms with Crippen LogP contribution >= 0.6 is 15.9 Å². The van der Waals surface area contributed by atoms with Gasteiger partial charge in [0.1, 0.15) is 5.75 Å². The maximum Gasteiger partial charge on any atom is 0.142 e. The van der Waals surface area contributed by atoms with Crippen LogP contribution in [0, 0.1) is 6.92 Å². The topological polar surface area (TPSA) is 21.3 Å². The molecule has 0 spiro atoms. The summed E-state index contributed by atoms with van der Waals surface area (Å²) in [6.07, 6.45) is 1.01. The molecule has 20 heavy (non-hydrogen) atoms. The number of benzene rings is 2. The van der Waals surface area contributed by atoms with Crippen LogP contribution in [0.1, 0.15) is 30.5 Å². The molecule has 1 unspecified atom stereocenters. The lowest BCUT2D eigenvalue weighted by Gasteiger charge is -2.21. The molecule has 106 valence electrons. The van der Waals surface area contributed by atoms with E-state index in [9.17, 15) is 0 Å². The van der Waals surface area contributed by atoms with Gasteiger partial charge >= 0.3 is 0 Å². The zero-order chi connectivity index (χ0) is 14.5. The minimum atomic E-state index is 0.277. The number of hydrogen-bond acceptors (Lipinski definition) is 2. The molecule has 0 amide bonds. The number of anilines is 1. The molecule has 0 aliphatic carbocycles. The van der Waals surface area contributed by atoms with Gasteiger partial charge in [-0.15, -0.1) is 0 Å². The number of aryl methyl sites for hydroxylation is 1. The van der Waals surface area contributed by atoms with Crippen molar-refractivity contribution in [2.75, 3.05) is 12.4 Å². The first-order chi connectivity index (χ1) is 9.63. The molecule has 1 N–H and O–H groups in total. The van der Waals surface area contributed by atoms with Gasteiger partial charge < -0.3 is 10.1 Å². The Kier molecular flexibility index (Phi) is 5.07. The molecule has 0 aromatic heterocycles. The second-order valence-electron chi connectivity index (χ2n) is 4.86. The Balaban J connectivity index is 2.26. The third kappa shape index (κ3) is 3.54. The van der Waals surface area contributed by atoms with Crippen molar-refractivity contribution in [3.63, 3.8) is 0 Å². The van der Waals surface area contributed by atoms with Crippen LogP contribution in [0.4, 0.5) is 5.69 Å². The molecule has 2 nitrogen and oxygen atoms in total. The zero-order valence-electron chi connectivity index (χ0n) is 12.1. The molecule has 0 fully saturated rings. The Morgan fingerprint density at radius 3 is 2.45 bits per heavy atom. The van der Waals surface area contributed by atoms with Gasteiger partial charge in [-0.1, -0.05) is 52.7 Å². The van der Waals surface area contributed by atoms with Gasteiger partial charge in [-0.3, -0.25) is 0 Å². The second-order valence-corrected chi connectivity index (χ2v) is 5.78. The highest BCUT2D eigenvalue weighted by Crippen LogP contribution is 2.32. The summed E-state index contributed by atoms with van der Waals surface area (Å²) in [6.45, 7) is 4.29. The van der Waals surface area contributed by atoms with Crippen molar-refractivity contribution < 1.29 is 4.74 Å². The van der Waals surface area contributed by atoms with Gasteiger partial charge in [0.25, 0.3) is 0 Å². The Morgan fingerprint density at radius 2 is 1.85 bits per heavy atom. The van der Waals surface area contributed by atoms with E-state index in [0.717, 1.165) is 22.3 Å². The molecule has 1 atom stereocenters. The van der Waals surface area contributed by atoms with E-state index in [1.165, 1.54) is 11.1 Å². The summed E-state index contributed by atoms with van der Waals surface area (Å²) in [7, 11) is 1.70. The van der Waals surface area contributed by atoms with Crippen molar-refractivity contribution in [2.45, 2.75) is 26.3 Å². The van der Waals surface area contributed by atoms with Crippen LogP contribution in [0.2, 0.25) is 0 Å². The molecule has 2 aromatic rings. The Bertz CT molecular complexity index is 566. The van der Waals surface area contributed by atoms with Crippen molar-refractivity contribution in [3.05, 3.63) is 58.1 Å². The molecule has 0 bridgehead atoms. The highest BCUT2D eigenvalue weighted by atomic mass is 79.9. The maximum atomic E-state index is 5.42. The Hall–Kier alpha value is -1.48. The second kappa shape index (κ2) is 6.80. The van der Waals surface area contributed by atoms with Crippen molar-refractivity contribution in [3.8, 4) is 5.75 Å². The lowest BCUT2D eigenvalue weighted by Crippen LogP contribution is -2.10. The molecular formula is C17H20BrNO. The van der Waals surface area contributed by atoms with E-state index in [0.29, 0.717) is 0 Å². The zero-order valence-corrected chi connectivity index (χ0v) is 13.7. The van der Waals surface area contributed by atoms with Gasteiger partial charge in [0.05, 0.1) is 18.8 Å². The predicted octanol–water partition coefficient (Wildman–Crippen LogP) is 5.33. The number of nitrogens with one attached hydrogen (secondary N) is 1. The monoisotopic (exact) mass is 333 g/mol.